The number of aromatic hydroxyl groups is 1. The molecule has 0 atom stereocenters. The molecule has 0 fully saturated rings. The summed E-state index contributed by atoms with van der Waals surface area (Å²) in [6, 6.07) is 3.76. The number of benzene rings is 1. The van der Waals surface area contributed by atoms with Gasteiger partial charge in [0.2, 0.25) is 5.75 Å². The summed E-state index contributed by atoms with van der Waals surface area (Å²) < 4.78 is 0. The topological polar surface area (TPSA) is 80.4 Å². The van der Waals surface area contributed by atoms with Crippen LogP contribution in [0.2, 0.25) is 0 Å². The molecule has 0 heterocycles. The number of nitro benzene ring substituents is 1. The fraction of sp³-hybridized carbons (Fsp3) is 0. The maximum atomic E-state index is 10.2. The second kappa shape index (κ2) is 4.96. The van der Waals surface area contributed by atoms with Crippen molar-refractivity contribution in [3.63, 3.8) is 0 Å². The van der Waals surface area contributed by atoms with Gasteiger partial charge in [-0.05, 0) is 6.07 Å². The molecule has 1 aromatic carbocycles. The molecule has 64 valence electrons. The minimum absolute atomic E-state index is 0. The van der Waals surface area contributed by atoms with Crippen LogP contribution in [0.5, 0.6) is 5.75 Å². The van der Waals surface area contributed by atoms with Gasteiger partial charge in [0.05, 0.1) is 10.5 Å². The van der Waals surface area contributed by atoms with E-state index in [2.05, 4.69) is 0 Å². The van der Waals surface area contributed by atoms with E-state index in [0.29, 0.717) is 6.29 Å². The van der Waals surface area contributed by atoms with Gasteiger partial charge in [-0.15, -0.1) is 0 Å². The van der Waals surface area contributed by atoms with Gasteiger partial charge in [0.15, 0.2) is 6.29 Å². The third-order valence-electron chi connectivity index (χ3n) is 1.37. The summed E-state index contributed by atoms with van der Waals surface area (Å²) in [5, 5.41) is 19.3. The molecule has 0 saturated carbocycles. The first kappa shape index (κ1) is 12.1. The van der Waals surface area contributed by atoms with E-state index in [4.69, 9.17) is 5.11 Å². The number of carbonyl (C=O) groups excluding carboxylic acids is 1. The van der Waals surface area contributed by atoms with E-state index in [-0.39, 0.29) is 36.5 Å². The summed E-state index contributed by atoms with van der Waals surface area (Å²) in [5.74, 6) is -0.586. The smallest absolute Gasteiger partial charge is 1.00 e. The van der Waals surface area contributed by atoms with Gasteiger partial charge in [0.1, 0.15) is 0 Å². The predicted octanol–water partition coefficient (Wildman–Crippen LogP) is -1.77. The normalized spacial score (nSPS) is 8.62. The van der Waals surface area contributed by atoms with Crippen molar-refractivity contribution in [3.05, 3.63) is 33.9 Å². The molecule has 0 aliphatic heterocycles. The first-order valence-electron chi connectivity index (χ1n) is 3.08. The summed E-state index contributed by atoms with van der Waals surface area (Å²) in [6.45, 7) is 0. The van der Waals surface area contributed by atoms with E-state index in [0.717, 1.165) is 6.07 Å². The number of carbonyl (C=O) groups is 1. The molecule has 0 saturated heterocycles. The van der Waals surface area contributed by atoms with E-state index in [1.165, 1.54) is 12.1 Å². The molecule has 0 aliphatic carbocycles. The molecule has 0 amide bonds. The Hall–Kier alpha value is -0.910. The third-order valence-corrected chi connectivity index (χ3v) is 1.37. The second-order valence-electron chi connectivity index (χ2n) is 2.09. The molecule has 0 aliphatic rings. The van der Waals surface area contributed by atoms with Crippen LogP contribution in [0.1, 0.15) is 11.8 Å². The Kier molecular flexibility index (Phi) is 4.61. The van der Waals surface area contributed by atoms with Crippen molar-refractivity contribution in [2.45, 2.75) is 0 Å². The van der Waals surface area contributed by atoms with Crippen molar-refractivity contribution in [3.8, 4) is 5.75 Å². The summed E-state index contributed by atoms with van der Waals surface area (Å²) in [6.07, 6.45) is 0.363. The monoisotopic (exact) mass is 191 g/mol. The second-order valence-corrected chi connectivity index (χ2v) is 2.09. The fourth-order valence-corrected chi connectivity index (χ4v) is 0.791. The first-order chi connectivity index (χ1) is 5.66. The number of nitro groups is 1. The number of aldehydes is 1. The predicted molar refractivity (Wildman–Crippen MR) is 41.3 cm³/mol. The minimum atomic E-state index is -0.748. The molecule has 0 spiro atoms. The van der Waals surface area contributed by atoms with Crippen molar-refractivity contribution < 1.29 is 45.8 Å². The maximum absolute atomic E-state index is 10.2. The summed E-state index contributed by atoms with van der Waals surface area (Å²) in [7, 11) is 0. The number of para-hydroxylation sites is 1. The van der Waals surface area contributed by atoms with Crippen LogP contribution in [0.15, 0.2) is 18.2 Å². The van der Waals surface area contributed by atoms with Crippen LogP contribution in [0.3, 0.4) is 0 Å². The average molecular weight is 191 g/mol. The van der Waals surface area contributed by atoms with Crippen LogP contribution in [-0.4, -0.2) is 16.3 Å². The zero-order valence-electron chi connectivity index (χ0n) is 7.93. The maximum Gasteiger partial charge on any atom is 1.00 e. The third kappa shape index (κ3) is 2.51. The zero-order valence-corrected chi connectivity index (χ0v) is 8.93. The minimum Gasteiger partial charge on any atom is -1.00 e. The van der Waals surface area contributed by atoms with E-state index in [1.807, 2.05) is 0 Å². The van der Waals surface area contributed by atoms with E-state index >= 15 is 0 Å². The Labute approximate surface area is 97.3 Å². The van der Waals surface area contributed by atoms with Crippen molar-refractivity contribution in [2.75, 3.05) is 0 Å². The summed E-state index contributed by atoms with van der Waals surface area (Å²) in [4.78, 5) is 19.7. The van der Waals surface area contributed by atoms with Gasteiger partial charge in [-0.2, -0.15) is 0 Å². The van der Waals surface area contributed by atoms with Crippen molar-refractivity contribution >= 4 is 12.0 Å². The number of phenolic OH excluding ortho intramolecular Hbond substituents is 1. The summed E-state index contributed by atoms with van der Waals surface area (Å²) in [5.41, 5.74) is -0.538. The molecule has 0 unspecified atom stereocenters. The molecule has 0 radical (unpaired) electrons. The molecule has 1 rings (SSSR count). The zero-order chi connectivity index (χ0) is 9.14. The van der Waals surface area contributed by atoms with Gasteiger partial charge in [0, 0.05) is 6.07 Å². The van der Waals surface area contributed by atoms with E-state index in [1.54, 1.807) is 0 Å². The molecular weight excluding hydrogens is 185 g/mol. The Morgan fingerprint density at radius 3 is 2.62 bits per heavy atom. The molecule has 13 heavy (non-hydrogen) atoms. The van der Waals surface area contributed by atoms with Gasteiger partial charge < -0.3 is 6.53 Å². The Bertz CT molecular complexity index is 344. The van der Waals surface area contributed by atoms with Crippen LogP contribution in [0, 0.1) is 10.1 Å². The van der Waals surface area contributed by atoms with Gasteiger partial charge in [-0.3, -0.25) is 14.9 Å². The molecule has 1 N–H and O–H groups in total. The van der Waals surface area contributed by atoms with Gasteiger partial charge in [-0.1, -0.05) is 6.07 Å². The van der Waals surface area contributed by atoms with Crippen molar-refractivity contribution in [2.24, 2.45) is 0 Å². The number of hydrogen-bond donors (Lipinski definition) is 1. The van der Waals surface area contributed by atoms with Crippen molar-refractivity contribution in [1.82, 2.24) is 0 Å². The quantitative estimate of drug-likeness (QED) is 0.259. The average Bonchev–Trinajstić information content (AvgIpc) is 2.04. The summed E-state index contributed by atoms with van der Waals surface area (Å²) >= 11 is 0. The SMILES string of the molecule is O=Cc1cccc([N+](=O)[O-])c1O.[H-].[Na+]. The van der Waals surface area contributed by atoms with Gasteiger partial charge in [-0.25, -0.2) is 0 Å². The fourth-order valence-electron chi connectivity index (χ4n) is 0.791. The van der Waals surface area contributed by atoms with Crippen LogP contribution < -0.4 is 29.6 Å². The van der Waals surface area contributed by atoms with Crippen LogP contribution in [0.4, 0.5) is 5.69 Å². The molecule has 0 aromatic heterocycles. The standard InChI is InChI=1S/C7H5NO4.Na.H/c9-4-5-2-1-3-6(7(5)10)8(11)12;;/h1-4,10H;;/q;+1;-1. The Morgan fingerprint density at radius 2 is 2.15 bits per heavy atom. The molecular formula is C7H6NNaO4. The van der Waals surface area contributed by atoms with Gasteiger partial charge in [0.25, 0.3) is 0 Å². The number of nitrogens with zero attached hydrogens (tertiary/aromatic N) is 1. The van der Waals surface area contributed by atoms with E-state index < -0.39 is 16.4 Å². The number of rotatable bonds is 2. The van der Waals surface area contributed by atoms with Crippen LogP contribution in [-0.2, 0) is 0 Å². The number of phenols is 1. The molecule has 0 bridgehead atoms. The molecule has 1 aromatic rings. The number of hydrogen-bond acceptors (Lipinski definition) is 4. The van der Waals surface area contributed by atoms with E-state index in [9.17, 15) is 14.9 Å². The first-order valence-corrected chi connectivity index (χ1v) is 3.08. The van der Waals surface area contributed by atoms with Crippen molar-refractivity contribution in [1.29, 1.82) is 0 Å². The Balaban J connectivity index is 0. The van der Waals surface area contributed by atoms with Crippen LogP contribution in [0.25, 0.3) is 0 Å². The largest absolute Gasteiger partial charge is 1.00 e. The van der Waals surface area contributed by atoms with Gasteiger partial charge >= 0.3 is 35.2 Å². The Morgan fingerprint density at radius 1 is 1.54 bits per heavy atom. The van der Waals surface area contributed by atoms with Crippen LogP contribution >= 0.6 is 0 Å². The molecule has 6 heteroatoms. The molecule has 5 nitrogen and oxygen atoms in total.